The molecule has 72 valence electrons. The van der Waals surface area contributed by atoms with E-state index in [0.717, 1.165) is 18.4 Å². The van der Waals surface area contributed by atoms with Crippen LogP contribution in [0.25, 0.3) is 0 Å². The second kappa shape index (κ2) is 5.02. The summed E-state index contributed by atoms with van der Waals surface area (Å²) in [6.45, 7) is 4.72. The normalized spacial score (nSPS) is 10.1. The lowest BCUT2D eigenvalue weighted by Crippen LogP contribution is -2.02. The molecule has 0 bridgehead atoms. The summed E-state index contributed by atoms with van der Waals surface area (Å²) in [5, 5.41) is 0.489. The van der Waals surface area contributed by atoms with Crippen LogP contribution in [0.4, 0.5) is 0 Å². The van der Waals surface area contributed by atoms with Crippen molar-refractivity contribution in [3.8, 4) is 5.88 Å². The van der Waals surface area contributed by atoms with Gasteiger partial charge in [-0.05, 0) is 12.8 Å². The molecule has 13 heavy (non-hydrogen) atoms. The van der Waals surface area contributed by atoms with Crippen LogP contribution < -0.4 is 4.74 Å². The number of aromatic nitrogens is 2. The smallest absolute Gasteiger partial charge is 0.221 e. The first-order valence-electron chi connectivity index (χ1n) is 4.41. The Bertz CT molecular complexity index is 278. The molecule has 1 aromatic heterocycles. The van der Waals surface area contributed by atoms with Crippen molar-refractivity contribution in [2.45, 2.75) is 26.7 Å². The topological polar surface area (TPSA) is 35.0 Å². The molecule has 0 saturated carbocycles. The maximum absolute atomic E-state index is 5.88. The maximum atomic E-state index is 5.88. The molecule has 1 rings (SSSR count). The summed E-state index contributed by atoms with van der Waals surface area (Å²) in [5.74, 6) is 0.615. The molecular weight excluding hydrogens is 188 g/mol. The summed E-state index contributed by atoms with van der Waals surface area (Å²) in [4.78, 5) is 7.92. The molecule has 0 spiro atoms. The first kappa shape index (κ1) is 10.3. The highest BCUT2D eigenvalue weighted by molar-refractivity contribution is 6.30. The van der Waals surface area contributed by atoms with E-state index in [9.17, 15) is 0 Å². The minimum atomic E-state index is 0.489. The van der Waals surface area contributed by atoms with Crippen molar-refractivity contribution in [3.63, 3.8) is 0 Å². The molecule has 0 aliphatic heterocycles. The van der Waals surface area contributed by atoms with Gasteiger partial charge in [0.2, 0.25) is 5.88 Å². The van der Waals surface area contributed by atoms with E-state index in [1.165, 1.54) is 6.33 Å². The molecule has 0 saturated heterocycles. The fraction of sp³-hybridized carbons (Fsp3) is 0.556. The molecule has 1 heterocycles. The Morgan fingerprint density at radius 1 is 1.38 bits per heavy atom. The van der Waals surface area contributed by atoms with Crippen LogP contribution >= 0.6 is 11.6 Å². The Balaban J connectivity index is 2.85. The summed E-state index contributed by atoms with van der Waals surface area (Å²) in [6.07, 6.45) is 3.18. The summed E-state index contributed by atoms with van der Waals surface area (Å²) < 4.78 is 5.42. The van der Waals surface area contributed by atoms with Gasteiger partial charge in [-0.1, -0.05) is 25.4 Å². The molecule has 0 aliphatic rings. The fourth-order valence-corrected chi connectivity index (χ4v) is 1.25. The Kier molecular flexibility index (Phi) is 3.96. The first-order valence-corrected chi connectivity index (χ1v) is 4.79. The van der Waals surface area contributed by atoms with Crippen molar-refractivity contribution >= 4 is 11.6 Å². The molecule has 0 radical (unpaired) electrons. The molecule has 4 heteroatoms. The Labute approximate surface area is 83.1 Å². The minimum Gasteiger partial charge on any atom is -0.477 e. The average molecular weight is 201 g/mol. The highest BCUT2D eigenvalue weighted by Gasteiger charge is 2.07. The molecule has 0 unspecified atom stereocenters. The van der Waals surface area contributed by atoms with Gasteiger partial charge in [-0.15, -0.1) is 0 Å². The van der Waals surface area contributed by atoms with Gasteiger partial charge in [0.25, 0.3) is 0 Å². The van der Waals surface area contributed by atoms with Crippen LogP contribution in [0.3, 0.4) is 0 Å². The van der Waals surface area contributed by atoms with E-state index in [1.54, 1.807) is 0 Å². The van der Waals surface area contributed by atoms with Crippen LogP contribution in [0.5, 0.6) is 5.88 Å². The van der Waals surface area contributed by atoms with E-state index in [0.29, 0.717) is 17.6 Å². The second-order valence-electron chi connectivity index (χ2n) is 2.65. The van der Waals surface area contributed by atoms with Gasteiger partial charge in [0.15, 0.2) is 0 Å². The van der Waals surface area contributed by atoms with E-state index in [2.05, 4.69) is 16.9 Å². The monoisotopic (exact) mass is 200 g/mol. The second-order valence-corrected chi connectivity index (χ2v) is 3.01. The van der Waals surface area contributed by atoms with Crippen LogP contribution in [0.1, 0.15) is 25.8 Å². The number of hydrogen-bond donors (Lipinski definition) is 0. The zero-order valence-corrected chi connectivity index (χ0v) is 8.64. The highest BCUT2D eigenvalue weighted by Crippen LogP contribution is 2.21. The average Bonchev–Trinajstić information content (AvgIpc) is 2.15. The standard InChI is InChI=1S/C9H13ClN2O/c1-3-5-13-9-7(4-2)8(10)11-6-12-9/h6H,3-5H2,1-2H3. The number of ether oxygens (including phenoxy) is 1. The van der Waals surface area contributed by atoms with Crippen LogP contribution in [0.15, 0.2) is 6.33 Å². The zero-order valence-electron chi connectivity index (χ0n) is 7.88. The zero-order chi connectivity index (χ0) is 9.68. The lowest BCUT2D eigenvalue weighted by molar-refractivity contribution is 0.301. The highest BCUT2D eigenvalue weighted by atomic mass is 35.5. The van der Waals surface area contributed by atoms with Crippen LogP contribution in [0.2, 0.25) is 5.15 Å². The molecule has 0 aromatic carbocycles. The number of hydrogen-bond acceptors (Lipinski definition) is 3. The van der Waals surface area contributed by atoms with E-state index in [1.807, 2.05) is 6.92 Å². The lowest BCUT2D eigenvalue weighted by Gasteiger charge is -2.08. The van der Waals surface area contributed by atoms with Gasteiger partial charge in [-0.25, -0.2) is 9.97 Å². The first-order chi connectivity index (χ1) is 6.29. The predicted molar refractivity (Wildman–Crippen MR) is 52.2 cm³/mol. The summed E-state index contributed by atoms with van der Waals surface area (Å²) in [5.41, 5.74) is 0.887. The molecular formula is C9H13ClN2O. The van der Waals surface area contributed by atoms with Crippen molar-refractivity contribution in [3.05, 3.63) is 17.0 Å². The van der Waals surface area contributed by atoms with Gasteiger partial charge < -0.3 is 4.74 Å². The lowest BCUT2D eigenvalue weighted by atomic mass is 10.2. The van der Waals surface area contributed by atoms with Gasteiger partial charge in [0.1, 0.15) is 11.5 Å². The summed E-state index contributed by atoms with van der Waals surface area (Å²) >= 11 is 5.88. The maximum Gasteiger partial charge on any atom is 0.221 e. The summed E-state index contributed by atoms with van der Waals surface area (Å²) in [7, 11) is 0. The summed E-state index contributed by atoms with van der Waals surface area (Å²) in [6, 6.07) is 0. The SMILES string of the molecule is CCCOc1ncnc(Cl)c1CC. The van der Waals surface area contributed by atoms with Crippen molar-refractivity contribution in [1.29, 1.82) is 0 Å². The Morgan fingerprint density at radius 3 is 2.77 bits per heavy atom. The Morgan fingerprint density at radius 2 is 2.15 bits per heavy atom. The third-order valence-electron chi connectivity index (χ3n) is 1.65. The molecule has 0 N–H and O–H groups in total. The Hall–Kier alpha value is -0.830. The number of nitrogens with zero attached hydrogens (tertiary/aromatic N) is 2. The fourth-order valence-electron chi connectivity index (χ4n) is 0.996. The third kappa shape index (κ3) is 2.56. The molecule has 0 atom stereocenters. The van der Waals surface area contributed by atoms with Crippen LogP contribution in [-0.4, -0.2) is 16.6 Å². The predicted octanol–water partition coefficient (Wildman–Crippen LogP) is 2.48. The third-order valence-corrected chi connectivity index (χ3v) is 1.98. The van der Waals surface area contributed by atoms with Gasteiger partial charge in [-0.2, -0.15) is 0 Å². The molecule has 3 nitrogen and oxygen atoms in total. The van der Waals surface area contributed by atoms with Crippen molar-refractivity contribution in [1.82, 2.24) is 9.97 Å². The van der Waals surface area contributed by atoms with Crippen molar-refractivity contribution in [2.75, 3.05) is 6.61 Å². The molecule has 1 aromatic rings. The molecule has 0 fully saturated rings. The molecule has 0 amide bonds. The molecule has 0 aliphatic carbocycles. The number of halogens is 1. The van der Waals surface area contributed by atoms with Crippen LogP contribution in [0, 0.1) is 0 Å². The van der Waals surface area contributed by atoms with E-state index >= 15 is 0 Å². The van der Waals surface area contributed by atoms with Gasteiger partial charge in [0.05, 0.1) is 12.2 Å². The van der Waals surface area contributed by atoms with Gasteiger partial charge in [0, 0.05) is 0 Å². The van der Waals surface area contributed by atoms with Gasteiger partial charge >= 0.3 is 0 Å². The number of rotatable bonds is 4. The minimum absolute atomic E-state index is 0.489. The van der Waals surface area contributed by atoms with Crippen LogP contribution in [-0.2, 0) is 6.42 Å². The van der Waals surface area contributed by atoms with E-state index < -0.39 is 0 Å². The largest absolute Gasteiger partial charge is 0.477 e. The van der Waals surface area contributed by atoms with Gasteiger partial charge in [-0.3, -0.25) is 0 Å². The van der Waals surface area contributed by atoms with Crippen molar-refractivity contribution < 1.29 is 4.74 Å². The quantitative estimate of drug-likeness (QED) is 0.701. The van der Waals surface area contributed by atoms with Crippen molar-refractivity contribution in [2.24, 2.45) is 0 Å². The van der Waals surface area contributed by atoms with E-state index in [4.69, 9.17) is 16.3 Å². The van der Waals surface area contributed by atoms with E-state index in [-0.39, 0.29) is 0 Å².